The fourth-order valence-electron chi connectivity index (χ4n) is 3.31. The number of benzene rings is 1. The normalized spacial score (nSPS) is 24.4. The molecular formula is C16H20FN3O2. The largest absolute Gasteiger partial charge is 0.341 e. The van der Waals surface area contributed by atoms with Crippen LogP contribution in [0.25, 0.3) is 0 Å². The van der Waals surface area contributed by atoms with E-state index >= 15 is 0 Å². The lowest BCUT2D eigenvalue weighted by molar-refractivity contribution is -0.143. The van der Waals surface area contributed by atoms with Crippen molar-refractivity contribution in [3.8, 4) is 0 Å². The first-order valence-corrected chi connectivity index (χ1v) is 7.70. The minimum absolute atomic E-state index is 0.0349. The Morgan fingerprint density at radius 3 is 2.77 bits per heavy atom. The molecule has 2 heterocycles. The van der Waals surface area contributed by atoms with Crippen LogP contribution in [0.5, 0.6) is 0 Å². The van der Waals surface area contributed by atoms with Gasteiger partial charge in [0.1, 0.15) is 11.9 Å². The first kappa shape index (κ1) is 14.8. The van der Waals surface area contributed by atoms with Crippen LogP contribution in [0.2, 0.25) is 0 Å². The van der Waals surface area contributed by atoms with Crippen LogP contribution in [0, 0.1) is 11.7 Å². The van der Waals surface area contributed by atoms with Crippen molar-refractivity contribution >= 4 is 17.6 Å². The summed E-state index contributed by atoms with van der Waals surface area (Å²) in [5.41, 5.74) is 0.532. The van der Waals surface area contributed by atoms with Crippen LogP contribution >= 0.6 is 0 Å². The van der Waals surface area contributed by atoms with Crippen molar-refractivity contribution in [3.05, 3.63) is 30.1 Å². The van der Waals surface area contributed by atoms with Crippen LogP contribution in [0.3, 0.4) is 0 Å². The van der Waals surface area contributed by atoms with E-state index in [1.807, 2.05) is 11.8 Å². The molecule has 2 fully saturated rings. The molecule has 3 amide bonds. The molecule has 2 aliphatic rings. The molecule has 118 valence electrons. The molecule has 1 aromatic carbocycles. The number of likely N-dealkylation sites (tertiary alicyclic amines) is 2. The Balaban J connectivity index is 1.72. The number of likely N-dealkylation sites (N-methyl/N-ethyl adjacent to an activating group) is 1. The number of hydrogen-bond acceptors (Lipinski definition) is 2. The second-order valence-corrected chi connectivity index (χ2v) is 5.91. The summed E-state index contributed by atoms with van der Waals surface area (Å²) in [6, 6.07) is 4.97. The van der Waals surface area contributed by atoms with Crippen molar-refractivity contribution in [1.29, 1.82) is 0 Å². The highest BCUT2D eigenvalue weighted by molar-refractivity contribution is 5.94. The molecule has 1 N–H and O–H groups in total. The molecule has 0 aromatic heterocycles. The third-order valence-corrected chi connectivity index (χ3v) is 4.52. The van der Waals surface area contributed by atoms with E-state index in [4.69, 9.17) is 0 Å². The summed E-state index contributed by atoms with van der Waals surface area (Å²) in [5.74, 6) is 0.171. The lowest BCUT2D eigenvalue weighted by Gasteiger charge is -2.46. The zero-order chi connectivity index (χ0) is 15.7. The Kier molecular flexibility index (Phi) is 4.00. The van der Waals surface area contributed by atoms with Gasteiger partial charge in [-0.1, -0.05) is 0 Å². The smallest absolute Gasteiger partial charge is 0.322 e. The van der Waals surface area contributed by atoms with Gasteiger partial charge in [0.2, 0.25) is 5.91 Å². The van der Waals surface area contributed by atoms with Crippen LogP contribution in [-0.2, 0) is 4.79 Å². The number of carbonyl (C=O) groups excluding carboxylic acids is 2. The van der Waals surface area contributed by atoms with E-state index in [1.54, 1.807) is 4.90 Å². The van der Waals surface area contributed by atoms with Gasteiger partial charge in [-0.25, -0.2) is 9.18 Å². The number of urea groups is 1. The minimum atomic E-state index is -0.368. The van der Waals surface area contributed by atoms with Crippen LogP contribution in [0.15, 0.2) is 24.3 Å². The Bertz CT molecular complexity index is 575. The number of fused-ring (bicyclic) bond motifs is 2. The monoisotopic (exact) mass is 305 g/mol. The molecule has 2 bridgehead atoms. The van der Waals surface area contributed by atoms with Crippen molar-refractivity contribution in [2.24, 2.45) is 5.92 Å². The average molecular weight is 305 g/mol. The van der Waals surface area contributed by atoms with Gasteiger partial charge in [-0.3, -0.25) is 4.79 Å². The van der Waals surface area contributed by atoms with E-state index in [0.717, 1.165) is 19.4 Å². The summed E-state index contributed by atoms with van der Waals surface area (Å²) in [4.78, 5) is 28.3. The van der Waals surface area contributed by atoms with Crippen molar-refractivity contribution in [3.63, 3.8) is 0 Å². The molecule has 2 atom stereocenters. The zero-order valence-electron chi connectivity index (χ0n) is 12.6. The van der Waals surface area contributed by atoms with Crippen molar-refractivity contribution in [2.75, 3.05) is 25.0 Å². The zero-order valence-corrected chi connectivity index (χ0v) is 12.6. The Labute approximate surface area is 129 Å². The Morgan fingerprint density at radius 2 is 2.09 bits per heavy atom. The summed E-state index contributed by atoms with van der Waals surface area (Å²) in [7, 11) is 0. The van der Waals surface area contributed by atoms with Crippen molar-refractivity contribution in [2.45, 2.75) is 25.8 Å². The molecule has 0 spiro atoms. The first-order valence-electron chi connectivity index (χ1n) is 7.70. The maximum Gasteiger partial charge on any atom is 0.322 e. The van der Waals surface area contributed by atoms with Crippen LogP contribution in [-0.4, -0.2) is 47.4 Å². The van der Waals surface area contributed by atoms with Gasteiger partial charge in [0.15, 0.2) is 0 Å². The summed E-state index contributed by atoms with van der Waals surface area (Å²) in [6.45, 7) is 4.03. The highest BCUT2D eigenvalue weighted by Crippen LogP contribution is 2.30. The van der Waals surface area contributed by atoms with E-state index in [2.05, 4.69) is 5.32 Å². The van der Waals surface area contributed by atoms with Gasteiger partial charge >= 0.3 is 6.03 Å². The topological polar surface area (TPSA) is 52.6 Å². The molecule has 2 aliphatic heterocycles. The number of anilines is 1. The fraction of sp³-hybridized carbons (Fsp3) is 0.500. The summed E-state index contributed by atoms with van der Waals surface area (Å²) < 4.78 is 12.9. The maximum absolute atomic E-state index is 12.9. The second-order valence-electron chi connectivity index (χ2n) is 5.91. The highest BCUT2D eigenvalue weighted by Gasteiger charge is 2.42. The standard InChI is InChI=1S/C16H20FN3O2/c1-2-19-10-11-7-8-20(14(9-11)15(19)21)16(22)18-13-5-3-12(17)4-6-13/h3-6,11,14H,2,7-10H2,1H3,(H,18,22)/t11-,14+/m0/s1. The number of nitrogens with one attached hydrogen (secondary N) is 1. The molecule has 22 heavy (non-hydrogen) atoms. The van der Waals surface area contributed by atoms with E-state index in [0.29, 0.717) is 24.7 Å². The molecule has 0 aliphatic carbocycles. The van der Waals surface area contributed by atoms with Crippen LogP contribution < -0.4 is 5.32 Å². The van der Waals surface area contributed by atoms with Gasteiger partial charge in [0, 0.05) is 25.3 Å². The number of carbonyl (C=O) groups is 2. The van der Waals surface area contributed by atoms with Crippen molar-refractivity contribution < 1.29 is 14.0 Å². The molecule has 0 saturated carbocycles. The predicted molar refractivity (Wildman–Crippen MR) is 80.9 cm³/mol. The summed E-state index contributed by atoms with van der Waals surface area (Å²) in [5, 5.41) is 2.75. The lowest BCUT2D eigenvalue weighted by atomic mass is 9.86. The molecule has 0 unspecified atom stereocenters. The molecule has 0 radical (unpaired) electrons. The lowest BCUT2D eigenvalue weighted by Crippen LogP contribution is -2.60. The molecule has 6 heteroatoms. The first-order chi connectivity index (χ1) is 10.6. The van der Waals surface area contributed by atoms with Crippen molar-refractivity contribution in [1.82, 2.24) is 9.80 Å². The van der Waals surface area contributed by atoms with Crippen LogP contribution in [0.4, 0.5) is 14.9 Å². The molecule has 5 nitrogen and oxygen atoms in total. The molecular weight excluding hydrogens is 285 g/mol. The van der Waals surface area contributed by atoms with Crippen LogP contribution in [0.1, 0.15) is 19.8 Å². The van der Waals surface area contributed by atoms with Gasteiger partial charge in [0.05, 0.1) is 0 Å². The van der Waals surface area contributed by atoms with Gasteiger partial charge in [-0.2, -0.15) is 0 Å². The quantitative estimate of drug-likeness (QED) is 0.911. The molecule has 3 rings (SSSR count). The second kappa shape index (κ2) is 5.94. The Hall–Kier alpha value is -2.11. The van der Waals surface area contributed by atoms with Gasteiger partial charge in [0.25, 0.3) is 0 Å². The number of nitrogens with zero attached hydrogens (tertiary/aromatic N) is 2. The minimum Gasteiger partial charge on any atom is -0.341 e. The third kappa shape index (κ3) is 2.77. The van der Waals surface area contributed by atoms with E-state index in [-0.39, 0.29) is 23.8 Å². The van der Waals surface area contributed by atoms with E-state index < -0.39 is 0 Å². The van der Waals surface area contributed by atoms with Gasteiger partial charge < -0.3 is 15.1 Å². The summed E-state index contributed by atoms with van der Waals surface area (Å²) in [6.07, 6.45) is 1.66. The van der Waals surface area contributed by atoms with Gasteiger partial charge in [-0.05, 0) is 49.9 Å². The highest BCUT2D eigenvalue weighted by atomic mass is 19.1. The summed E-state index contributed by atoms with van der Waals surface area (Å²) >= 11 is 0. The number of piperidine rings is 2. The number of amides is 3. The van der Waals surface area contributed by atoms with E-state index in [1.165, 1.54) is 24.3 Å². The SMILES string of the molecule is CCN1C[C@H]2CCN(C(=O)Nc3ccc(F)cc3)[C@H](C2)C1=O. The van der Waals surface area contributed by atoms with Gasteiger partial charge in [-0.15, -0.1) is 0 Å². The Morgan fingerprint density at radius 1 is 1.36 bits per heavy atom. The molecule has 1 aromatic rings. The number of hydrogen-bond donors (Lipinski definition) is 1. The van der Waals surface area contributed by atoms with E-state index in [9.17, 15) is 14.0 Å². The fourth-order valence-corrected chi connectivity index (χ4v) is 3.31. The predicted octanol–water partition coefficient (Wildman–Crippen LogP) is 2.30. The number of rotatable bonds is 2. The third-order valence-electron chi connectivity index (χ3n) is 4.52. The molecule has 2 saturated heterocycles. The maximum atomic E-state index is 12.9. The number of halogens is 1. The average Bonchev–Trinajstić information content (AvgIpc) is 2.53.